The SMILES string of the molecule is CCCCc1cccc2c3[n+](ccc12)C(CC)C(CC)(C1C[n+]2ccccc2-c2cc(-c4cccc(-c5cc(-c6ccccc6)cc(-c6ccccc6)c5)c4)ccc21)c1ccccc1-3. The Morgan fingerprint density at radius 3 is 1.84 bits per heavy atom. The van der Waals surface area contributed by atoms with Crippen LogP contribution in [0.5, 0.6) is 0 Å². The Balaban J connectivity index is 1.05. The van der Waals surface area contributed by atoms with Crippen LogP contribution in [0.2, 0.25) is 0 Å². The maximum atomic E-state index is 2.69. The molecule has 7 aromatic carbocycles. The lowest BCUT2D eigenvalue weighted by Gasteiger charge is -2.47. The Labute approximate surface area is 379 Å². The molecule has 0 saturated carbocycles. The van der Waals surface area contributed by atoms with Crippen LogP contribution >= 0.6 is 0 Å². The van der Waals surface area contributed by atoms with Crippen LogP contribution < -0.4 is 9.13 Å². The molecule has 4 heterocycles. The van der Waals surface area contributed by atoms with Crippen molar-refractivity contribution < 1.29 is 9.13 Å². The van der Waals surface area contributed by atoms with Gasteiger partial charge in [-0.15, -0.1) is 0 Å². The van der Waals surface area contributed by atoms with E-state index in [2.05, 4.69) is 230 Å². The number of fused-ring (bicyclic) bond motifs is 8. The van der Waals surface area contributed by atoms with Gasteiger partial charge in [0.15, 0.2) is 25.0 Å². The zero-order valence-electron chi connectivity index (χ0n) is 37.3. The van der Waals surface area contributed by atoms with Crippen LogP contribution in [0.4, 0.5) is 0 Å². The number of nitrogens with zero attached hydrogens (tertiary/aromatic N) is 2. The highest BCUT2D eigenvalue weighted by molar-refractivity contribution is 5.96. The number of aryl methyl sites for hydroxylation is 1. The smallest absolute Gasteiger partial charge is 0.198 e. The molecule has 2 heteroatoms. The van der Waals surface area contributed by atoms with E-state index in [0.29, 0.717) is 0 Å². The molecule has 312 valence electrons. The quantitative estimate of drug-likeness (QED) is 0.121. The van der Waals surface area contributed by atoms with Crippen LogP contribution in [0.25, 0.3) is 77.8 Å². The van der Waals surface area contributed by atoms with E-state index in [1.165, 1.54) is 107 Å². The van der Waals surface area contributed by atoms with Gasteiger partial charge in [0.05, 0.1) is 27.8 Å². The van der Waals surface area contributed by atoms with Gasteiger partial charge in [-0.3, -0.25) is 0 Å². The number of unbranched alkanes of at least 4 members (excludes halogenated alkanes) is 1. The van der Waals surface area contributed by atoms with Crippen molar-refractivity contribution in [1.29, 1.82) is 0 Å². The Morgan fingerprint density at radius 2 is 1.12 bits per heavy atom. The molecular weight excluding hydrogens is 773 g/mol. The van der Waals surface area contributed by atoms with Crippen molar-refractivity contribution in [1.82, 2.24) is 0 Å². The summed E-state index contributed by atoms with van der Waals surface area (Å²) in [6, 6.07) is 71.0. The molecule has 2 aliphatic heterocycles. The number of rotatable bonds is 10. The third kappa shape index (κ3) is 6.62. The minimum absolute atomic E-state index is 0.145. The van der Waals surface area contributed by atoms with Gasteiger partial charge in [-0.05, 0) is 134 Å². The number of hydrogen-bond donors (Lipinski definition) is 0. The topological polar surface area (TPSA) is 7.76 Å². The van der Waals surface area contributed by atoms with Crippen molar-refractivity contribution in [2.45, 2.75) is 76.8 Å². The summed E-state index contributed by atoms with van der Waals surface area (Å²) in [5.41, 5.74) is 19.5. The predicted octanol–water partition coefficient (Wildman–Crippen LogP) is 15.2. The van der Waals surface area contributed by atoms with Crippen LogP contribution in [0.15, 0.2) is 200 Å². The molecular formula is C62H56N2+2. The van der Waals surface area contributed by atoms with Gasteiger partial charge in [-0.25, -0.2) is 0 Å². The second-order valence-corrected chi connectivity index (χ2v) is 18.1. The molecule has 0 spiro atoms. The van der Waals surface area contributed by atoms with Crippen molar-refractivity contribution in [3.05, 3.63) is 217 Å². The van der Waals surface area contributed by atoms with E-state index in [9.17, 15) is 0 Å². The highest BCUT2D eigenvalue weighted by Gasteiger charge is 2.58. The highest BCUT2D eigenvalue weighted by Crippen LogP contribution is 2.57. The average Bonchev–Trinajstić information content (AvgIpc) is 3.37. The molecule has 3 atom stereocenters. The first kappa shape index (κ1) is 39.9. The van der Waals surface area contributed by atoms with Crippen LogP contribution in [0, 0.1) is 0 Å². The summed E-state index contributed by atoms with van der Waals surface area (Å²) in [6.45, 7) is 8.10. The van der Waals surface area contributed by atoms with E-state index < -0.39 is 0 Å². The molecule has 2 aliphatic rings. The zero-order valence-corrected chi connectivity index (χ0v) is 37.3. The van der Waals surface area contributed by atoms with Gasteiger partial charge in [-0.2, -0.15) is 9.13 Å². The molecule has 0 aliphatic carbocycles. The molecule has 9 aromatic rings. The molecule has 0 bridgehead atoms. The van der Waals surface area contributed by atoms with E-state index >= 15 is 0 Å². The Bertz CT molecular complexity index is 3110. The predicted molar refractivity (Wildman–Crippen MR) is 266 cm³/mol. The van der Waals surface area contributed by atoms with E-state index in [-0.39, 0.29) is 17.4 Å². The normalized spacial score (nSPS) is 17.3. The molecule has 0 fully saturated rings. The van der Waals surface area contributed by atoms with Gasteiger partial charge < -0.3 is 0 Å². The van der Waals surface area contributed by atoms with Crippen LogP contribution in [0.1, 0.15) is 75.1 Å². The Morgan fingerprint density at radius 1 is 0.500 bits per heavy atom. The molecule has 2 aromatic heterocycles. The van der Waals surface area contributed by atoms with Gasteiger partial charge in [0.2, 0.25) is 11.4 Å². The largest absolute Gasteiger partial charge is 0.220 e. The van der Waals surface area contributed by atoms with Crippen molar-refractivity contribution in [2.24, 2.45) is 0 Å². The number of aromatic nitrogens is 2. The standard InChI is InChI=1S/C62H56N2/c1-4-7-20-45-25-19-29-54-52(45)34-36-64-60(5-2)62(6-3,57-30-15-14-28-55(57)61(54)64)58-42-63-35-17-16-31-59(63)56-41-48(32-33-53(56)58)46-26-18-27-47(37-46)51-39-49(43-21-10-8-11-22-43)38-50(40-51)44-23-12-9-13-24-44/h8-19,21-41,58,60H,4-7,20,42H2,1-3H3/q+2. The Kier molecular flexibility index (Phi) is 10.4. The molecule has 0 saturated heterocycles. The summed E-state index contributed by atoms with van der Waals surface area (Å²) in [6.07, 6.45) is 10.4. The lowest BCUT2D eigenvalue weighted by atomic mass is 9.57. The summed E-state index contributed by atoms with van der Waals surface area (Å²) in [4.78, 5) is 0. The number of benzene rings is 7. The number of pyridine rings is 2. The minimum atomic E-state index is -0.145. The summed E-state index contributed by atoms with van der Waals surface area (Å²) >= 11 is 0. The third-order valence-corrected chi connectivity index (χ3v) is 14.8. The third-order valence-electron chi connectivity index (χ3n) is 14.8. The molecule has 0 amide bonds. The van der Waals surface area contributed by atoms with Gasteiger partial charge >= 0.3 is 0 Å². The molecule has 11 rings (SSSR count). The van der Waals surface area contributed by atoms with E-state index in [0.717, 1.165) is 25.8 Å². The average molecular weight is 829 g/mol. The van der Waals surface area contributed by atoms with Crippen molar-refractivity contribution in [3.8, 4) is 67.0 Å². The first-order valence-corrected chi connectivity index (χ1v) is 23.6. The monoisotopic (exact) mass is 828 g/mol. The minimum Gasteiger partial charge on any atom is -0.198 e. The van der Waals surface area contributed by atoms with Gasteiger partial charge in [0.1, 0.15) is 0 Å². The molecule has 2 nitrogen and oxygen atoms in total. The lowest BCUT2D eigenvalue weighted by molar-refractivity contribution is -0.731. The molecule has 64 heavy (non-hydrogen) atoms. The second-order valence-electron chi connectivity index (χ2n) is 18.1. The fourth-order valence-corrected chi connectivity index (χ4v) is 11.8. The van der Waals surface area contributed by atoms with E-state index in [1.54, 1.807) is 0 Å². The van der Waals surface area contributed by atoms with Gasteiger partial charge in [0, 0.05) is 24.6 Å². The maximum Gasteiger partial charge on any atom is 0.220 e. The first-order valence-electron chi connectivity index (χ1n) is 23.6. The van der Waals surface area contributed by atoms with Crippen LogP contribution in [-0.4, -0.2) is 0 Å². The van der Waals surface area contributed by atoms with E-state index in [4.69, 9.17) is 0 Å². The van der Waals surface area contributed by atoms with Crippen LogP contribution in [-0.2, 0) is 18.4 Å². The van der Waals surface area contributed by atoms with Crippen molar-refractivity contribution in [3.63, 3.8) is 0 Å². The summed E-state index contributed by atoms with van der Waals surface area (Å²) in [5, 5.41) is 2.78. The highest BCUT2D eigenvalue weighted by atomic mass is 15.1. The molecule has 0 N–H and O–H groups in total. The summed E-state index contributed by atoms with van der Waals surface area (Å²) < 4.78 is 5.24. The van der Waals surface area contributed by atoms with Crippen molar-refractivity contribution in [2.75, 3.05) is 0 Å². The molecule has 3 unspecified atom stereocenters. The molecule has 0 radical (unpaired) electrons. The fraction of sp³-hybridized carbons (Fsp3) is 0.194. The van der Waals surface area contributed by atoms with Crippen LogP contribution in [0.3, 0.4) is 0 Å². The van der Waals surface area contributed by atoms with E-state index in [1.807, 2.05) is 0 Å². The summed E-state index contributed by atoms with van der Waals surface area (Å²) in [7, 11) is 0. The van der Waals surface area contributed by atoms with Gasteiger partial charge in [-0.1, -0.05) is 149 Å². The van der Waals surface area contributed by atoms with Gasteiger partial charge in [0.25, 0.3) is 0 Å². The zero-order chi connectivity index (χ0) is 43.2. The maximum absolute atomic E-state index is 2.69. The number of hydrogen-bond acceptors (Lipinski definition) is 0. The lowest BCUT2D eigenvalue weighted by Crippen LogP contribution is -2.60. The fourth-order valence-electron chi connectivity index (χ4n) is 11.8. The Hall–Kier alpha value is -6.90. The second kappa shape index (κ2) is 16.7. The first-order chi connectivity index (χ1) is 31.6. The van der Waals surface area contributed by atoms with Crippen molar-refractivity contribution >= 4 is 10.8 Å². The summed E-state index contributed by atoms with van der Waals surface area (Å²) in [5.74, 6) is 0.253.